The van der Waals surface area contributed by atoms with Crippen molar-refractivity contribution in [3.05, 3.63) is 61.3 Å². The second-order valence-corrected chi connectivity index (χ2v) is 7.13. The van der Waals surface area contributed by atoms with Gasteiger partial charge in [-0.3, -0.25) is 14.9 Å². The Bertz CT molecular complexity index is 668. The molecule has 1 aliphatic heterocycles. The molecule has 0 bridgehead atoms. The molecule has 0 unspecified atom stereocenters. The van der Waals surface area contributed by atoms with Gasteiger partial charge < -0.3 is 0 Å². The van der Waals surface area contributed by atoms with Crippen molar-refractivity contribution in [3.8, 4) is 0 Å². The first-order chi connectivity index (χ1) is 10.1. The Morgan fingerprint density at radius 1 is 1.29 bits per heavy atom. The van der Waals surface area contributed by atoms with Crippen LogP contribution in [-0.2, 0) is 18.6 Å². The van der Waals surface area contributed by atoms with Gasteiger partial charge in [0.2, 0.25) is 0 Å². The van der Waals surface area contributed by atoms with E-state index in [0.29, 0.717) is 6.42 Å². The first kappa shape index (κ1) is 14.3. The Hall–Kier alpha value is -1.66. The second kappa shape index (κ2) is 5.99. The molecule has 1 aromatic heterocycles. The van der Waals surface area contributed by atoms with E-state index in [2.05, 4.69) is 0 Å². The summed E-state index contributed by atoms with van der Waals surface area (Å²) in [6.45, 7) is 0. The highest BCUT2D eigenvalue weighted by Crippen LogP contribution is 2.32. The van der Waals surface area contributed by atoms with Gasteiger partial charge in [-0.25, -0.2) is 0 Å². The summed E-state index contributed by atoms with van der Waals surface area (Å²) in [5, 5.41) is 10.6. The van der Waals surface area contributed by atoms with E-state index in [4.69, 9.17) is 0 Å². The van der Waals surface area contributed by atoms with Gasteiger partial charge >= 0.3 is 0 Å². The number of benzene rings is 1. The number of Topliss-reactive ketones (excluding diaryl/α,β-unsaturated/α-hetero) is 1. The van der Waals surface area contributed by atoms with Crippen LogP contribution in [0.5, 0.6) is 0 Å². The van der Waals surface area contributed by atoms with Gasteiger partial charge in [0.15, 0.2) is 5.78 Å². The zero-order valence-electron chi connectivity index (χ0n) is 11.2. The van der Waals surface area contributed by atoms with Gasteiger partial charge in [0.1, 0.15) is 0 Å². The van der Waals surface area contributed by atoms with E-state index in [1.54, 1.807) is 23.5 Å². The lowest BCUT2D eigenvalue weighted by atomic mass is 10.1. The number of aryl methyl sites for hydroxylation is 1. The topological polar surface area (TPSA) is 60.2 Å². The summed E-state index contributed by atoms with van der Waals surface area (Å²) in [4.78, 5) is 24.6. The van der Waals surface area contributed by atoms with Crippen molar-refractivity contribution in [2.75, 3.05) is 5.75 Å². The third kappa shape index (κ3) is 3.16. The highest BCUT2D eigenvalue weighted by molar-refractivity contribution is 7.98. The van der Waals surface area contributed by atoms with Gasteiger partial charge in [-0.1, -0.05) is 12.1 Å². The first-order valence-corrected chi connectivity index (χ1v) is 8.56. The fraction of sp³-hybridized carbons (Fsp3) is 0.267. The molecule has 3 rings (SSSR count). The van der Waals surface area contributed by atoms with E-state index in [0.717, 1.165) is 28.4 Å². The number of fused-ring (bicyclic) bond motifs is 1. The molecule has 0 fully saturated rings. The van der Waals surface area contributed by atoms with Crippen LogP contribution in [-0.4, -0.2) is 16.5 Å². The number of carbonyl (C=O) groups excluding carboxylic acids is 1. The minimum Gasteiger partial charge on any atom is -0.293 e. The summed E-state index contributed by atoms with van der Waals surface area (Å²) in [6.07, 6.45) is 1.35. The molecule has 0 saturated carbocycles. The zero-order valence-corrected chi connectivity index (χ0v) is 12.8. The van der Waals surface area contributed by atoms with Crippen LogP contribution in [0.2, 0.25) is 0 Å². The molecule has 0 saturated heterocycles. The average Bonchev–Trinajstić information content (AvgIpc) is 2.92. The molecule has 6 heteroatoms. The molecule has 0 radical (unpaired) electrons. The number of nitrogens with zero attached hydrogens (tertiary/aromatic N) is 1. The molecule has 2 heterocycles. The van der Waals surface area contributed by atoms with Crippen molar-refractivity contribution in [1.82, 2.24) is 0 Å². The molecular weight excluding hydrogens is 306 g/mol. The summed E-state index contributed by atoms with van der Waals surface area (Å²) in [7, 11) is 0. The van der Waals surface area contributed by atoms with Crippen molar-refractivity contribution in [1.29, 1.82) is 0 Å². The molecule has 0 spiro atoms. The Balaban J connectivity index is 1.73. The van der Waals surface area contributed by atoms with Gasteiger partial charge in [-0.15, -0.1) is 11.3 Å². The lowest BCUT2D eigenvalue weighted by molar-refractivity contribution is -0.384. The first-order valence-electron chi connectivity index (χ1n) is 6.59. The molecule has 2 aromatic rings. The number of thioether (sulfide) groups is 1. The van der Waals surface area contributed by atoms with E-state index in [9.17, 15) is 14.9 Å². The van der Waals surface area contributed by atoms with Crippen molar-refractivity contribution in [2.45, 2.75) is 18.6 Å². The van der Waals surface area contributed by atoms with Gasteiger partial charge in [-0.2, -0.15) is 11.8 Å². The standard InChI is InChI=1S/C15H13NO3S2/c17-13(7-10-1-3-12(4-2-10)16(18)19)15-8-11-9-20-6-5-14(11)21-15/h1-4,8H,5-7,9H2. The van der Waals surface area contributed by atoms with Gasteiger partial charge in [-0.05, 0) is 29.4 Å². The van der Waals surface area contributed by atoms with Crippen LogP contribution < -0.4 is 0 Å². The molecule has 0 atom stereocenters. The third-order valence-corrected chi connectivity index (χ3v) is 5.70. The number of nitro benzene ring substituents is 1. The molecule has 0 amide bonds. The number of ketones is 1. The predicted octanol–water partition coefficient (Wildman–Crippen LogP) is 3.87. The van der Waals surface area contributed by atoms with Crippen LogP contribution >= 0.6 is 23.1 Å². The van der Waals surface area contributed by atoms with Crippen molar-refractivity contribution < 1.29 is 9.72 Å². The summed E-state index contributed by atoms with van der Waals surface area (Å²) < 4.78 is 0. The minimum absolute atomic E-state index is 0.0508. The zero-order chi connectivity index (χ0) is 14.8. The number of non-ortho nitro benzene ring substituents is 1. The van der Waals surface area contributed by atoms with E-state index < -0.39 is 4.92 Å². The van der Waals surface area contributed by atoms with Gasteiger partial charge in [0, 0.05) is 29.2 Å². The molecule has 1 aliphatic rings. The van der Waals surface area contributed by atoms with Crippen LogP contribution in [0.1, 0.15) is 25.7 Å². The second-order valence-electron chi connectivity index (χ2n) is 4.89. The fourth-order valence-electron chi connectivity index (χ4n) is 2.29. The van der Waals surface area contributed by atoms with Gasteiger partial charge in [0.25, 0.3) is 5.69 Å². The van der Waals surface area contributed by atoms with Crippen LogP contribution in [0.15, 0.2) is 30.3 Å². The number of thiophene rings is 1. The molecular formula is C15H13NO3S2. The van der Waals surface area contributed by atoms with Crippen LogP contribution in [0, 0.1) is 10.1 Å². The summed E-state index contributed by atoms with van der Waals surface area (Å²) >= 11 is 3.50. The quantitative estimate of drug-likeness (QED) is 0.487. The van der Waals surface area contributed by atoms with Crippen molar-refractivity contribution in [3.63, 3.8) is 0 Å². The molecule has 108 valence electrons. The van der Waals surface area contributed by atoms with Crippen molar-refractivity contribution in [2.24, 2.45) is 0 Å². The SMILES string of the molecule is O=C(Cc1ccc([N+](=O)[O-])cc1)c1cc2c(s1)CCSC2. The number of hydrogen-bond acceptors (Lipinski definition) is 5. The highest BCUT2D eigenvalue weighted by Gasteiger charge is 2.17. The lowest BCUT2D eigenvalue weighted by Crippen LogP contribution is -2.01. The molecule has 4 nitrogen and oxygen atoms in total. The lowest BCUT2D eigenvalue weighted by Gasteiger charge is -2.08. The largest absolute Gasteiger partial charge is 0.293 e. The van der Waals surface area contributed by atoms with Crippen molar-refractivity contribution >= 4 is 34.6 Å². The molecule has 0 N–H and O–H groups in total. The normalized spacial score (nSPS) is 13.7. The Morgan fingerprint density at radius 3 is 2.71 bits per heavy atom. The maximum Gasteiger partial charge on any atom is 0.269 e. The summed E-state index contributed by atoms with van der Waals surface area (Å²) in [5.41, 5.74) is 2.16. The van der Waals surface area contributed by atoms with E-state index in [1.807, 2.05) is 17.8 Å². The summed E-state index contributed by atoms with van der Waals surface area (Å²) in [5.74, 6) is 2.22. The Labute approximate surface area is 130 Å². The Kier molecular flexibility index (Phi) is 4.07. The number of rotatable bonds is 4. The van der Waals surface area contributed by atoms with Crippen LogP contribution in [0.4, 0.5) is 5.69 Å². The maximum atomic E-state index is 12.3. The molecule has 0 aliphatic carbocycles. The maximum absolute atomic E-state index is 12.3. The fourth-order valence-corrected chi connectivity index (χ4v) is 4.60. The smallest absolute Gasteiger partial charge is 0.269 e. The van der Waals surface area contributed by atoms with E-state index in [-0.39, 0.29) is 11.5 Å². The summed E-state index contributed by atoms with van der Waals surface area (Å²) in [6, 6.07) is 8.20. The van der Waals surface area contributed by atoms with Gasteiger partial charge in [0.05, 0.1) is 9.80 Å². The highest BCUT2D eigenvalue weighted by atomic mass is 32.2. The number of hydrogen-bond donors (Lipinski definition) is 0. The number of carbonyl (C=O) groups is 1. The number of nitro groups is 1. The van der Waals surface area contributed by atoms with Crippen LogP contribution in [0.3, 0.4) is 0 Å². The monoisotopic (exact) mass is 319 g/mol. The van der Waals surface area contributed by atoms with Crippen LogP contribution in [0.25, 0.3) is 0 Å². The predicted molar refractivity (Wildman–Crippen MR) is 85.3 cm³/mol. The third-order valence-electron chi connectivity index (χ3n) is 3.41. The minimum atomic E-state index is -0.434. The Morgan fingerprint density at radius 2 is 2.05 bits per heavy atom. The molecule has 21 heavy (non-hydrogen) atoms. The average molecular weight is 319 g/mol. The molecule has 1 aromatic carbocycles. The van der Waals surface area contributed by atoms with E-state index >= 15 is 0 Å². The van der Waals surface area contributed by atoms with E-state index in [1.165, 1.54) is 22.6 Å².